The monoisotopic (exact) mass is 913 g/mol. The third-order valence-electron chi connectivity index (χ3n) is 5.38. The summed E-state index contributed by atoms with van der Waals surface area (Å²) in [5.74, 6) is -3.59. The summed E-state index contributed by atoms with van der Waals surface area (Å²) in [5, 5.41) is 32.9. The van der Waals surface area contributed by atoms with Crippen LogP contribution in [0.5, 0.6) is 0 Å². The summed E-state index contributed by atoms with van der Waals surface area (Å²) in [4.78, 5) is 50.0. The Morgan fingerprint density at radius 1 is 0.618 bits per heavy atom. The van der Waals surface area contributed by atoms with Gasteiger partial charge in [-0.25, -0.2) is 26.3 Å². The third-order valence-corrected chi connectivity index (χ3v) is 8.21. The second kappa shape index (κ2) is 29.5. The minimum absolute atomic E-state index is 0. The van der Waals surface area contributed by atoms with E-state index in [0.717, 1.165) is 11.4 Å². The molecular formula is C32H43CdN6O14S2+. The van der Waals surface area contributed by atoms with Gasteiger partial charge in [-0.15, -0.1) is 0 Å². The van der Waals surface area contributed by atoms with E-state index >= 15 is 0 Å². The molecule has 0 atom stereocenters. The molecule has 23 heteroatoms. The molecule has 0 radical (unpaired) electrons. The number of carboxylic acid groups (broad SMARTS) is 2. The van der Waals surface area contributed by atoms with Crippen LogP contribution in [0.4, 0.5) is 11.4 Å². The Bertz CT molecular complexity index is 1780. The van der Waals surface area contributed by atoms with E-state index in [1.54, 1.807) is 19.3 Å². The minimum Gasteiger partial charge on any atom is -0.549 e. The molecule has 20 nitrogen and oxygen atoms in total. The molecule has 2 amide bonds. The van der Waals surface area contributed by atoms with Crippen molar-refractivity contribution in [3.05, 3.63) is 97.3 Å². The summed E-state index contributed by atoms with van der Waals surface area (Å²) in [7, 11) is -7.77. The van der Waals surface area contributed by atoms with Gasteiger partial charge >= 0.3 is 27.3 Å². The van der Waals surface area contributed by atoms with Crippen LogP contribution in [0.15, 0.2) is 107 Å². The second-order valence-electron chi connectivity index (χ2n) is 9.55. The average Bonchev–Trinajstić information content (AvgIpc) is 3.08. The summed E-state index contributed by atoms with van der Waals surface area (Å²) in [6, 6.07) is 22.2. The molecule has 2 aromatic heterocycles. The Kier molecular flexibility index (Phi) is 30.6. The summed E-state index contributed by atoms with van der Waals surface area (Å²) < 4.78 is 50.0. The largest absolute Gasteiger partial charge is 2.00 e. The van der Waals surface area contributed by atoms with Gasteiger partial charge in [0.2, 0.25) is 31.9 Å². The van der Waals surface area contributed by atoms with Crippen LogP contribution >= 0.6 is 0 Å². The molecule has 0 unspecified atom stereocenters. The fourth-order valence-electron chi connectivity index (χ4n) is 3.34. The normalized spacial score (nSPS) is 9.60. The van der Waals surface area contributed by atoms with E-state index < -0.39 is 45.1 Å². The average molecular weight is 912 g/mol. The molecule has 0 aliphatic rings. The van der Waals surface area contributed by atoms with Crippen molar-refractivity contribution in [2.24, 2.45) is 0 Å². The first-order chi connectivity index (χ1) is 24.0. The number of carbonyl (C=O) groups excluding carboxylic acids is 4. The fourth-order valence-corrected chi connectivity index (χ4v) is 5.28. The first kappa shape index (κ1) is 56.9. The van der Waals surface area contributed by atoms with E-state index in [-0.39, 0.29) is 71.9 Å². The van der Waals surface area contributed by atoms with E-state index in [4.69, 9.17) is 5.11 Å². The zero-order valence-corrected chi connectivity index (χ0v) is 35.6. The van der Waals surface area contributed by atoms with Gasteiger partial charge in [-0.1, -0.05) is 12.1 Å². The van der Waals surface area contributed by atoms with E-state index in [1.807, 2.05) is 45.8 Å². The Labute approximate surface area is 337 Å². The second-order valence-corrected chi connectivity index (χ2v) is 13.1. The molecule has 4 aromatic rings. The van der Waals surface area contributed by atoms with Crippen LogP contribution in [0.1, 0.15) is 20.8 Å². The molecule has 0 saturated heterocycles. The molecule has 4 rings (SSSR count). The molecule has 0 aliphatic heterocycles. The molecule has 55 heavy (non-hydrogen) atoms. The number of anilines is 2. The molecule has 0 aliphatic carbocycles. The molecular weight excluding hydrogens is 869 g/mol. The number of sulfonamides is 2. The first-order valence-corrected chi connectivity index (χ1v) is 17.5. The zero-order chi connectivity index (χ0) is 38.5. The molecule has 2 heterocycles. The maximum Gasteiger partial charge on any atom is 2.00 e. The van der Waals surface area contributed by atoms with Gasteiger partial charge in [-0.3, -0.25) is 19.6 Å². The first-order valence-electron chi connectivity index (χ1n) is 14.6. The van der Waals surface area contributed by atoms with E-state index in [9.17, 15) is 46.2 Å². The van der Waals surface area contributed by atoms with Gasteiger partial charge in [0, 0.05) is 44.2 Å². The van der Waals surface area contributed by atoms with Crippen molar-refractivity contribution < 1.29 is 95.1 Å². The van der Waals surface area contributed by atoms with Gasteiger partial charge < -0.3 is 52.0 Å². The van der Waals surface area contributed by atoms with Crippen molar-refractivity contribution in [1.82, 2.24) is 19.4 Å². The van der Waals surface area contributed by atoms with Gasteiger partial charge in [-0.2, -0.15) is 0 Å². The van der Waals surface area contributed by atoms with Gasteiger partial charge in [-0.05, 0) is 79.7 Å². The summed E-state index contributed by atoms with van der Waals surface area (Å²) in [6.45, 7) is 2.99. The van der Waals surface area contributed by atoms with Crippen molar-refractivity contribution in [2.75, 3.05) is 30.3 Å². The number of benzene rings is 2. The van der Waals surface area contributed by atoms with E-state index in [1.165, 1.54) is 62.4 Å². The quantitative estimate of drug-likeness (QED) is 0.0737. The van der Waals surface area contributed by atoms with Gasteiger partial charge in [0.05, 0.1) is 46.2 Å². The number of aromatic nitrogens is 2. The number of aliphatic hydroxyl groups is 1. The molecule has 0 saturated carbocycles. The van der Waals surface area contributed by atoms with Crippen molar-refractivity contribution in [2.45, 2.75) is 30.6 Å². The third kappa shape index (κ3) is 24.3. The van der Waals surface area contributed by atoms with E-state index in [2.05, 4.69) is 20.6 Å². The Morgan fingerprint density at radius 2 is 0.909 bits per heavy atom. The molecule has 0 spiro atoms. The molecule has 298 valence electrons. The topological polar surface area (TPSA) is 373 Å². The number of carboxylic acids is 2. The number of aliphatic carboxylic acids is 2. The number of aliphatic hydroxyl groups excluding tert-OH is 1. The van der Waals surface area contributed by atoms with Crippen LogP contribution in [-0.4, -0.2) is 86.3 Å². The number of pyridine rings is 2. The standard InChI is InChI=1S/2C10H12N2O5S.C10H8N2.C2H6O.Cd.3H2O/c2*1-7(13)12-8-2-4-9(5-3-8)18(16,17)11-6-10(14)15;1-3-7-11-9(5-1)10-6-2-4-8-12-10;1-2-3;;;;/h2*2-5,11H,6H2,1H3,(H,12,13)(H,14,15);1-8H;3H,2H2,1H3;;3*1H2/q;;;;+2;;;/p-1. The van der Waals surface area contributed by atoms with Crippen LogP contribution in [0.2, 0.25) is 0 Å². The number of nitrogens with one attached hydrogen (secondary N) is 4. The van der Waals surface area contributed by atoms with Crippen molar-refractivity contribution in [3.8, 4) is 11.4 Å². The van der Waals surface area contributed by atoms with Gasteiger partial charge in [0.25, 0.3) is 0 Å². The van der Waals surface area contributed by atoms with E-state index in [0.29, 0.717) is 11.4 Å². The van der Waals surface area contributed by atoms with Crippen LogP contribution in [0.3, 0.4) is 0 Å². The Hall–Kier alpha value is -4.80. The van der Waals surface area contributed by atoms with Gasteiger partial charge in [0.1, 0.15) is 0 Å². The summed E-state index contributed by atoms with van der Waals surface area (Å²) in [6.07, 6.45) is 3.54. The number of amides is 2. The number of hydrogen-bond acceptors (Lipinski definition) is 13. The van der Waals surface area contributed by atoms with Crippen LogP contribution in [0.25, 0.3) is 11.4 Å². The smallest absolute Gasteiger partial charge is 0.549 e. The predicted molar refractivity (Wildman–Crippen MR) is 194 cm³/mol. The molecule has 12 N–H and O–H groups in total. The van der Waals surface area contributed by atoms with Crippen LogP contribution in [-0.2, 0) is 72.0 Å². The molecule has 2 aromatic carbocycles. The molecule has 0 bridgehead atoms. The van der Waals surface area contributed by atoms with Crippen molar-refractivity contribution >= 4 is 55.2 Å². The maximum absolute atomic E-state index is 11.6. The zero-order valence-electron chi connectivity index (χ0n) is 29.9. The minimum atomic E-state index is -3.88. The van der Waals surface area contributed by atoms with Crippen LogP contribution in [0, 0.1) is 0 Å². The predicted octanol–water partition coefficient (Wildman–Crippen LogP) is -3.09. The van der Waals surface area contributed by atoms with Gasteiger partial charge in [0.15, 0.2) is 0 Å². The fraction of sp³-hybridized carbons (Fsp3) is 0.188. The number of hydrogen-bond donors (Lipinski definition) is 5. The molecule has 0 fully saturated rings. The Morgan fingerprint density at radius 3 is 1.13 bits per heavy atom. The maximum atomic E-state index is 11.6. The summed E-state index contributed by atoms with van der Waals surface area (Å²) >= 11 is 0. The number of rotatable bonds is 11. The SMILES string of the molecule is CC(=O)Nc1ccc(S(=O)(=O)NCC(=O)[O-])cc1.CC(=O)Nc1ccc(S(=O)(=O)NCC(=O)[O-])cc1.CCO.O.O.[Cd+2].[OH3+].c1ccc(-c2ccccn2)nc1. The summed E-state index contributed by atoms with van der Waals surface area (Å²) in [5.41, 5.74) is 2.72. The number of carbonyl (C=O) groups is 4. The van der Waals surface area contributed by atoms with Crippen molar-refractivity contribution in [1.29, 1.82) is 0 Å². The number of nitrogens with zero attached hydrogens (tertiary/aromatic N) is 2. The van der Waals surface area contributed by atoms with Crippen LogP contribution < -0.4 is 30.3 Å². The Balaban J connectivity index is -0.000000335. The van der Waals surface area contributed by atoms with Crippen molar-refractivity contribution in [3.63, 3.8) is 0 Å².